The van der Waals surface area contributed by atoms with Crippen LogP contribution < -0.4 is 11.1 Å². The number of carboxylic acid groups (broad SMARTS) is 1. The van der Waals surface area contributed by atoms with Crippen molar-refractivity contribution in [1.82, 2.24) is 5.32 Å². The van der Waals surface area contributed by atoms with E-state index in [0.29, 0.717) is 31.2 Å². The fourth-order valence-electron chi connectivity index (χ4n) is 3.93. The Morgan fingerprint density at radius 2 is 2.16 bits per heavy atom. The van der Waals surface area contributed by atoms with Crippen molar-refractivity contribution in [3.05, 3.63) is 0 Å². The first-order chi connectivity index (χ1) is 8.86. The van der Waals surface area contributed by atoms with Crippen molar-refractivity contribution >= 4 is 13.1 Å². The molecule has 0 aromatic heterocycles. The van der Waals surface area contributed by atoms with Gasteiger partial charge < -0.3 is 26.2 Å². The molecule has 0 aromatic rings. The molecule has 1 heterocycles. The second kappa shape index (κ2) is 5.40. The van der Waals surface area contributed by atoms with Crippen LogP contribution in [0.25, 0.3) is 0 Å². The molecule has 1 saturated carbocycles. The third-order valence-corrected chi connectivity index (χ3v) is 5.00. The Hall–Kier alpha value is -0.625. The predicted octanol–water partition coefficient (Wildman–Crippen LogP) is -0.734. The standard InChI is InChI=1S/C12H23BN2O4/c1-7-8-5-12(14,11(16)17)10(9(8)6-15-7)3-2-4-13(18)19/h7-10,15,18-19H,2-6,14H2,1H3,(H,16,17)/t7-,8-,9+,10-,12-/m0/s1. The maximum atomic E-state index is 11.5. The molecule has 1 aliphatic heterocycles. The van der Waals surface area contributed by atoms with E-state index in [4.69, 9.17) is 15.8 Å². The number of aliphatic carboxylic acids is 1. The predicted molar refractivity (Wildman–Crippen MR) is 71.3 cm³/mol. The Morgan fingerprint density at radius 3 is 2.74 bits per heavy atom. The van der Waals surface area contributed by atoms with Gasteiger partial charge in [0.25, 0.3) is 0 Å². The van der Waals surface area contributed by atoms with Crippen LogP contribution in [0.4, 0.5) is 0 Å². The molecule has 0 bridgehead atoms. The van der Waals surface area contributed by atoms with Crippen LogP contribution in [0.1, 0.15) is 26.2 Å². The Bertz CT molecular complexity index is 355. The first kappa shape index (κ1) is 14.8. The lowest BCUT2D eigenvalue weighted by molar-refractivity contribution is -0.145. The normalized spacial score (nSPS) is 41.3. The van der Waals surface area contributed by atoms with Gasteiger partial charge in [-0.25, -0.2) is 0 Å². The van der Waals surface area contributed by atoms with E-state index < -0.39 is 18.6 Å². The third kappa shape index (κ3) is 2.65. The van der Waals surface area contributed by atoms with Crippen molar-refractivity contribution in [2.75, 3.05) is 6.54 Å². The second-order valence-corrected chi connectivity index (χ2v) is 6.09. The van der Waals surface area contributed by atoms with E-state index in [9.17, 15) is 9.90 Å². The van der Waals surface area contributed by atoms with Crippen LogP contribution in [0.15, 0.2) is 0 Å². The van der Waals surface area contributed by atoms with Gasteiger partial charge in [0, 0.05) is 6.04 Å². The first-order valence-electron chi connectivity index (χ1n) is 6.98. The van der Waals surface area contributed by atoms with Crippen molar-refractivity contribution in [1.29, 1.82) is 0 Å². The average molecular weight is 270 g/mol. The number of carbonyl (C=O) groups is 1. The second-order valence-electron chi connectivity index (χ2n) is 6.09. The lowest BCUT2D eigenvalue weighted by Gasteiger charge is -2.30. The van der Waals surface area contributed by atoms with Crippen molar-refractivity contribution in [3.63, 3.8) is 0 Å². The average Bonchev–Trinajstić information content (AvgIpc) is 2.79. The molecule has 2 aliphatic rings. The summed E-state index contributed by atoms with van der Waals surface area (Å²) < 4.78 is 0. The number of rotatable bonds is 5. The minimum atomic E-state index is -1.32. The number of carboxylic acids is 1. The van der Waals surface area contributed by atoms with Gasteiger partial charge in [0.05, 0.1) is 0 Å². The number of hydrogen-bond donors (Lipinski definition) is 5. The molecular weight excluding hydrogens is 247 g/mol. The molecule has 0 amide bonds. The molecule has 0 radical (unpaired) electrons. The smallest absolute Gasteiger partial charge is 0.451 e. The summed E-state index contributed by atoms with van der Waals surface area (Å²) in [6.07, 6.45) is 2.00. The molecule has 108 valence electrons. The zero-order valence-corrected chi connectivity index (χ0v) is 11.2. The van der Waals surface area contributed by atoms with Gasteiger partial charge in [-0.15, -0.1) is 0 Å². The van der Waals surface area contributed by atoms with Gasteiger partial charge in [0.1, 0.15) is 5.54 Å². The highest BCUT2D eigenvalue weighted by Gasteiger charge is 2.58. The molecule has 1 aliphatic carbocycles. The van der Waals surface area contributed by atoms with Gasteiger partial charge in [-0.3, -0.25) is 4.79 Å². The fraction of sp³-hybridized carbons (Fsp3) is 0.917. The van der Waals surface area contributed by atoms with Gasteiger partial charge in [-0.2, -0.15) is 0 Å². The number of fused-ring (bicyclic) bond motifs is 1. The molecule has 7 heteroatoms. The van der Waals surface area contributed by atoms with Gasteiger partial charge in [0.2, 0.25) is 0 Å². The minimum Gasteiger partial charge on any atom is -0.480 e. The van der Waals surface area contributed by atoms with Gasteiger partial charge in [-0.05, 0) is 50.4 Å². The molecule has 0 spiro atoms. The zero-order chi connectivity index (χ0) is 14.2. The van der Waals surface area contributed by atoms with Crippen LogP contribution in [0.2, 0.25) is 6.32 Å². The summed E-state index contributed by atoms with van der Waals surface area (Å²) >= 11 is 0. The molecule has 6 N–H and O–H groups in total. The summed E-state index contributed by atoms with van der Waals surface area (Å²) in [5, 5.41) is 30.6. The van der Waals surface area contributed by atoms with Crippen LogP contribution in [0.5, 0.6) is 0 Å². The van der Waals surface area contributed by atoms with Gasteiger partial charge >= 0.3 is 13.1 Å². The molecule has 0 unspecified atom stereocenters. The van der Waals surface area contributed by atoms with E-state index in [1.165, 1.54) is 0 Å². The molecule has 2 fully saturated rings. The molecule has 2 rings (SSSR count). The summed E-state index contributed by atoms with van der Waals surface area (Å²) in [6.45, 7) is 2.89. The van der Waals surface area contributed by atoms with Crippen LogP contribution in [0, 0.1) is 17.8 Å². The number of nitrogens with two attached hydrogens (primary N) is 1. The van der Waals surface area contributed by atoms with Gasteiger partial charge in [0.15, 0.2) is 0 Å². The molecule has 1 saturated heterocycles. The van der Waals surface area contributed by atoms with E-state index in [2.05, 4.69) is 12.2 Å². The van der Waals surface area contributed by atoms with Crippen LogP contribution >= 0.6 is 0 Å². The molecule has 6 nitrogen and oxygen atoms in total. The van der Waals surface area contributed by atoms with E-state index in [0.717, 1.165) is 6.54 Å². The Morgan fingerprint density at radius 1 is 1.47 bits per heavy atom. The van der Waals surface area contributed by atoms with E-state index >= 15 is 0 Å². The number of nitrogens with one attached hydrogen (secondary N) is 1. The van der Waals surface area contributed by atoms with Crippen LogP contribution in [-0.2, 0) is 4.79 Å². The van der Waals surface area contributed by atoms with Crippen molar-refractivity contribution < 1.29 is 19.9 Å². The molecule has 5 atom stereocenters. The highest BCUT2D eigenvalue weighted by atomic mass is 16.4. The zero-order valence-electron chi connectivity index (χ0n) is 11.2. The Labute approximate surface area is 113 Å². The van der Waals surface area contributed by atoms with Crippen molar-refractivity contribution in [3.8, 4) is 0 Å². The fourth-order valence-corrected chi connectivity index (χ4v) is 3.93. The maximum absolute atomic E-state index is 11.5. The van der Waals surface area contributed by atoms with Gasteiger partial charge in [-0.1, -0.05) is 6.42 Å². The van der Waals surface area contributed by atoms with Crippen molar-refractivity contribution in [2.24, 2.45) is 23.5 Å². The maximum Gasteiger partial charge on any atom is 0.451 e. The summed E-state index contributed by atoms with van der Waals surface area (Å²) in [5.41, 5.74) is 5.00. The summed E-state index contributed by atoms with van der Waals surface area (Å²) in [7, 11) is -1.32. The molecular formula is C12H23BN2O4. The van der Waals surface area contributed by atoms with Crippen LogP contribution in [0.3, 0.4) is 0 Å². The topological polar surface area (TPSA) is 116 Å². The first-order valence-corrected chi connectivity index (χ1v) is 6.98. The molecule has 0 aromatic carbocycles. The lowest BCUT2D eigenvalue weighted by Crippen LogP contribution is -2.53. The monoisotopic (exact) mass is 270 g/mol. The third-order valence-electron chi connectivity index (χ3n) is 5.00. The highest BCUT2D eigenvalue weighted by molar-refractivity contribution is 6.40. The summed E-state index contributed by atoms with van der Waals surface area (Å²) in [4.78, 5) is 11.5. The van der Waals surface area contributed by atoms with Crippen LogP contribution in [-0.4, -0.2) is 46.4 Å². The largest absolute Gasteiger partial charge is 0.480 e. The van der Waals surface area contributed by atoms with Crippen molar-refractivity contribution in [2.45, 2.75) is 44.1 Å². The SMILES string of the molecule is C[C@@H]1NC[C@@H]2[C@H]1C[C@@](N)(C(=O)O)[C@H]2CCCB(O)O. The molecule has 19 heavy (non-hydrogen) atoms. The lowest BCUT2D eigenvalue weighted by atomic mass is 9.76. The Kier molecular flexibility index (Phi) is 4.20. The summed E-state index contributed by atoms with van der Waals surface area (Å²) in [5.74, 6) is -0.424. The summed E-state index contributed by atoms with van der Waals surface area (Å²) in [6, 6.07) is 0.306. The quantitative estimate of drug-likeness (QED) is 0.420. The Balaban J connectivity index is 2.09. The van der Waals surface area contributed by atoms with E-state index in [1.807, 2.05) is 0 Å². The number of hydrogen-bond acceptors (Lipinski definition) is 5. The highest BCUT2D eigenvalue weighted by Crippen LogP contribution is 2.49. The van der Waals surface area contributed by atoms with E-state index in [-0.39, 0.29) is 18.2 Å². The van der Waals surface area contributed by atoms with E-state index in [1.54, 1.807) is 0 Å². The minimum absolute atomic E-state index is 0.0915.